The molecular weight excluding hydrogens is 337 g/mol. The standard InChI is InChI=1S/C15H11BrFN3O/c1-21-10-3-5-13-11(7-10)15(19-8-18-13)20-14-4-2-9(16)6-12(14)17/h2-8H,1H3,(H,18,19,20). The van der Waals surface area contributed by atoms with Crippen LogP contribution in [0.3, 0.4) is 0 Å². The number of ether oxygens (including phenoxy) is 1. The van der Waals surface area contributed by atoms with Crippen LogP contribution in [0.25, 0.3) is 10.9 Å². The van der Waals surface area contributed by atoms with Crippen LogP contribution in [-0.2, 0) is 0 Å². The van der Waals surface area contributed by atoms with E-state index in [4.69, 9.17) is 4.74 Å². The molecular formula is C15H11BrFN3O. The van der Waals surface area contributed by atoms with E-state index in [1.54, 1.807) is 19.2 Å². The lowest BCUT2D eigenvalue weighted by Crippen LogP contribution is -1.98. The predicted molar refractivity (Wildman–Crippen MR) is 83.5 cm³/mol. The molecule has 0 aliphatic rings. The Kier molecular flexibility index (Phi) is 3.70. The molecule has 0 fully saturated rings. The monoisotopic (exact) mass is 347 g/mol. The summed E-state index contributed by atoms with van der Waals surface area (Å²) >= 11 is 3.23. The minimum absolute atomic E-state index is 0.348. The van der Waals surface area contributed by atoms with Crippen molar-refractivity contribution in [1.29, 1.82) is 0 Å². The highest BCUT2D eigenvalue weighted by Crippen LogP contribution is 2.28. The third kappa shape index (κ3) is 2.80. The lowest BCUT2D eigenvalue weighted by atomic mass is 10.2. The van der Waals surface area contributed by atoms with Gasteiger partial charge in [0.2, 0.25) is 0 Å². The fraction of sp³-hybridized carbons (Fsp3) is 0.0667. The van der Waals surface area contributed by atoms with Crippen molar-refractivity contribution < 1.29 is 9.13 Å². The van der Waals surface area contributed by atoms with E-state index >= 15 is 0 Å². The van der Waals surface area contributed by atoms with Gasteiger partial charge in [0.05, 0.1) is 18.3 Å². The number of hydrogen-bond acceptors (Lipinski definition) is 4. The molecule has 6 heteroatoms. The molecule has 0 bridgehead atoms. The molecule has 3 aromatic rings. The van der Waals surface area contributed by atoms with Crippen LogP contribution in [0.2, 0.25) is 0 Å². The van der Waals surface area contributed by atoms with Gasteiger partial charge in [0.1, 0.15) is 23.7 Å². The fourth-order valence-corrected chi connectivity index (χ4v) is 2.31. The summed E-state index contributed by atoms with van der Waals surface area (Å²) in [5, 5.41) is 3.75. The number of rotatable bonds is 3. The molecule has 1 aromatic heterocycles. The van der Waals surface area contributed by atoms with Gasteiger partial charge in [-0.15, -0.1) is 0 Å². The van der Waals surface area contributed by atoms with E-state index in [0.29, 0.717) is 21.7 Å². The molecule has 2 aromatic carbocycles. The zero-order valence-corrected chi connectivity index (χ0v) is 12.7. The second kappa shape index (κ2) is 5.65. The molecule has 21 heavy (non-hydrogen) atoms. The molecule has 1 N–H and O–H groups in total. The van der Waals surface area contributed by atoms with Crippen molar-refractivity contribution in [3.8, 4) is 5.75 Å². The van der Waals surface area contributed by atoms with Crippen LogP contribution in [0.1, 0.15) is 0 Å². The molecule has 3 rings (SSSR count). The topological polar surface area (TPSA) is 47.0 Å². The molecule has 4 nitrogen and oxygen atoms in total. The van der Waals surface area contributed by atoms with E-state index in [1.165, 1.54) is 12.4 Å². The van der Waals surface area contributed by atoms with Crippen molar-refractivity contribution in [2.75, 3.05) is 12.4 Å². The van der Waals surface area contributed by atoms with Crippen molar-refractivity contribution in [1.82, 2.24) is 9.97 Å². The van der Waals surface area contributed by atoms with Crippen LogP contribution < -0.4 is 10.1 Å². The number of halogens is 2. The average Bonchev–Trinajstić information content (AvgIpc) is 2.50. The molecule has 0 aliphatic heterocycles. The highest BCUT2D eigenvalue weighted by molar-refractivity contribution is 9.10. The highest BCUT2D eigenvalue weighted by Gasteiger charge is 2.08. The Bertz CT molecular complexity index is 810. The minimum Gasteiger partial charge on any atom is -0.497 e. The molecule has 0 saturated carbocycles. The summed E-state index contributed by atoms with van der Waals surface area (Å²) in [6.45, 7) is 0. The summed E-state index contributed by atoms with van der Waals surface area (Å²) in [7, 11) is 1.59. The quantitative estimate of drug-likeness (QED) is 0.767. The lowest BCUT2D eigenvalue weighted by Gasteiger charge is -2.10. The zero-order chi connectivity index (χ0) is 14.8. The van der Waals surface area contributed by atoms with Gasteiger partial charge in [-0.2, -0.15) is 0 Å². The largest absolute Gasteiger partial charge is 0.497 e. The third-order valence-electron chi connectivity index (χ3n) is 3.03. The van der Waals surface area contributed by atoms with Gasteiger partial charge in [0.25, 0.3) is 0 Å². The highest BCUT2D eigenvalue weighted by atomic mass is 79.9. The van der Waals surface area contributed by atoms with Crippen molar-refractivity contribution >= 4 is 38.3 Å². The Morgan fingerprint density at radius 3 is 2.76 bits per heavy atom. The van der Waals surface area contributed by atoms with Gasteiger partial charge in [-0.3, -0.25) is 0 Å². The van der Waals surface area contributed by atoms with E-state index in [2.05, 4.69) is 31.2 Å². The minimum atomic E-state index is -0.362. The van der Waals surface area contributed by atoms with Gasteiger partial charge in [-0.05, 0) is 36.4 Å². The summed E-state index contributed by atoms with van der Waals surface area (Å²) in [5.41, 5.74) is 1.10. The van der Waals surface area contributed by atoms with E-state index in [1.807, 2.05) is 18.2 Å². The van der Waals surface area contributed by atoms with E-state index < -0.39 is 0 Å². The van der Waals surface area contributed by atoms with Crippen LogP contribution in [0.15, 0.2) is 47.2 Å². The Labute approximate surface area is 129 Å². The lowest BCUT2D eigenvalue weighted by molar-refractivity contribution is 0.415. The first kappa shape index (κ1) is 13.8. The van der Waals surface area contributed by atoms with Crippen molar-refractivity contribution in [3.63, 3.8) is 0 Å². The molecule has 0 saturated heterocycles. The first-order chi connectivity index (χ1) is 10.2. The molecule has 106 valence electrons. The third-order valence-corrected chi connectivity index (χ3v) is 3.52. The summed E-state index contributed by atoms with van der Waals surface area (Å²) in [6, 6.07) is 10.3. The van der Waals surface area contributed by atoms with Crippen LogP contribution in [-0.4, -0.2) is 17.1 Å². The SMILES string of the molecule is COc1ccc2ncnc(Nc3ccc(Br)cc3F)c2c1. The van der Waals surface area contributed by atoms with Crippen LogP contribution in [0, 0.1) is 5.82 Å². The number of benzene rings is 2. The Morgan fingerprint density at radius 2 is 2.00 bits per heavy atom. The maximum atomic E-state index is 13.9. The summed E-state index contributed by atoms with van der Waals surface area (Å²) < 4.78 is 19.8. The maximum Gasteiger partial charge on any atom is 0.147 e. The van der Waals surface area contributed by atoms with E-state index in [0.717, 1.165) is 10.9 Å². The summed E-state index contributed by atoms with van der Waals surface area (Å²) in [4.78, 5) is 8.37. The zero-order valence-electron chi connectivity index (χ0n) is 11.1. The van der Waals surface area contributed by atoms with Crippen LogP contribution >= 0.6 is 15.9 Å². The molecule has 0 atom stereocenters. The number of fused-ring (bicyclic) bond motifs is 1. The first-order valence-electron chi connectivity index (χ1n) is 6.18. The maximum absolute atomic E-state index is 13.9. The normalized spacial score (nSPS) is 10.6. The van der Waals surface area contributed by atoms with Crippen molar-refractivity contribution in [2.24, 2.45) is 0 Å². The van der Waals surface area contributed by atoms with Crippen molar-refractivity contribution in [2.45, 2.75) is 0 Å². The number of aromatic nitrogens is 2. The molecule has 0 unspecified atom stereocenters. The first-order valence-corrected chi connectivity index (χ1v) is 6.97. The molecule has 0 aliphatic carbocycles. The van der Waals surface area contributed by atoms with E-state index in [9.17, 15) is 4.39 Å². The second-order valence-corrected chi connectivity index (χ2v) is 5.27. The van der Waals surface area contributed by atoms with Gasteiger partial charge in [0.15, 0.2) is 0 Å². The smallest absolute Gasteiger partial charge is 0.147 e. The van der Waals surface area contributed by atoms with Gasteiger partial charge < -0.3 is 10.1 Å². The Balaban J connectivity index is 2.07. The van der Waals surface area contributed by atoms with Gasteiger partial charge >= 0.3 is 0 Å². The predicted octanol–water partition coefficient (Wildman–Crippen LogP) is 4.28. The second-order valence-electron chi connectivity index (χ2n) is 4.35. The average molecular weight is 348 g/mol. The molecule has 1 heterocycles. The van der Waals surface area contributed by atoms with Gasteiger partial charge in [0, 0.05) is 9.86 Å². The number of nitrogens with zero attached hydrogens (tertiary/aromatic N) is 2. The van der Waals surface area contributed by atoms with E-state index in [-0.39, 0.29) is 5.82 Å². The molecule has 0 radical (unpaired) electrons. The number of methoxy groups -OCH3 is 1. The molecule has 0 spiro atoms. The Hall–Kier alpha value is -2.21. The summed E-state index contributed by atoms with van der Waals surface area (Å²) in [6.07, 6.45) is 1.44. The van der Waals surface area contributed by atoms with Gasteiger partial charge in [-0.25, -0.2) is 14.4 Å². The number of nitrogens with one attached hydrogen (secondary N) is 1. The fourth-order valence-electron chi connectivity index (χ4n) is 1.98. The van der Waals surface area contributed by atoms with Gasteiger partial charge in [-0.1, -0.05) is 15.9 Å². The number of hydrogen-bond donors (Lipinski definition) is 1. The Morgan fingerprint density at radius 1 is 1.14 bits per heavy atom. The van der Waals surface area contributed by atoms with Crippen molar-refractivity contribution in [3.05, 3.63) is 53.0 Å². The summed E-state index contributed by atoms with van der Waals surface area (Å²) in [5.74, 6) is 0.857. The molecule has 0 amide bonds. The van der Waals surface area contributed by atoms with Crippen LogP contribution in [0.4, 0.5) is 15.9 Å². The number of anilines is 2. The van der Waals surface area contributed by atoms with Crippen LogP contribution in [0.5, 0.6) is 5.75 Å².